The molecule has 1 aromatic rings. The molecule has 12 heteroatoms. The van der Waals surface area contributed by atoms with E-state index in [2.05, 4.69) is 17.2 Å². The Labute approximate surface area is 232 Å². The average molecular weight is 572 g/mol. The number of rotatable bonds is 11. The van der Waals surface area contributed by atoms with Crippen molar-refractivity contribution in [1.29, 1.82) is 0 Å². The number of alkyl carbamates (subject to hydrolysis) is 2. The minimum atomic E-state index is -3.93. The second-order valence-electron chi connectivity index (χ2n) is 10.7. The fourth-order valence-electron chi connectivity index (χ4n) is 2.93. The van der Waals surface area contributed by atoms with Crippen molar-refractivity contribution in [2.75, 3.05) is 13.6 Å². The van der Waals surface area contributed by atoms with Gasteiger partial charge in [-0.15, -0.1) is 0 Å². The first kappa shape index (κ1) is 33.2. The van der Waals surface area contributed by atoms with Crippen LogP contribution < -0.4 is 10.6 Å². The van der Waals surface area contributed by atoms with E-state index in [0.29, 0.717) is 25.8 Å². The van der Waals surface area contributed by atoms with Gasteiger partial charge < -0.3 is 24.8 Å². The number of carbonyl (C=O) groups excluding carboxylic acids is 2. The summed E-state index contributed by atoms with van der Waals surface area (Å²) in [6.45, 7) is 16.4. The van der Waals surface area contributed by atoms with Crippen LogP contribution in [0, 0.1) is 6.92 Å². The van der Waals surface area contributed by atoms with Gasteiger partial charge in [0.2, 0.25) is 5.88 Å². The molecule has 0 radical (unpaired) electrons. The molecule has 0 aliphatic carbocycles. The Morgan fingerprint density at radius 1 is 1.00 bits per heavy atom. The predicted octanol–water partition coefficient (Wildman–Crippen LogP) is 5.02. The van der Waals surface area contributed by atoms with Crippen molar-refractivity contribution in [2.45, 2.75) is 89.9 Å². The van der Waals surface area contributed by atoms with Gasteiger partial charge in [0.15, 0.2) is 5.05 Å². The maximum Gasteiger partial charge on any atom is 0.408 e. The first-order valence-electron chi connectivity index (χ1n) is 12.2. The lowest BCUT2D eigenvalue weighted by molar-refractivity contribution is 0.0509. The fraction of sp³-hybridized carbons (Fsp3) is 0.577. The lowest BCUT2D eigenvalue weighted by Crippen LogP contribution is -2.44. The lowest BCUT2D eigenvalue weighted by atomic mass is 10.1. The van der Waals surface area contributed by atoms with Crippen LogP contribution in [0.4, 0.5) is 9.59 Å². The van der Waals surface area contributed by atoms with E-state index in [9.17, 15) is 18.0 Å². The molecule has 1 atom stereocenters. The number of aryl methyl sites for hydroxylation is 1. The van der Waals surface area contributed by atoms with E-state index < -0.39 is 39.5 Å². The van der Waals surface area contributed by atoms with Gasteiger partial charge in [0.05, 0.1) is 4.90 Å². The third-order valence-electron chi connectivity index (χ3n) is 4.81. The van der Waals surface area contributed by atoms with Crippen LogP contribution in [-0.4, -0.2) is 60.8 Å². The number of thiocarbonyl (C=S) groups is 1. The summed E-state index contributed by atoms with van der Waals surface area (Å²) in [7, 11) is -2.63. The highest BCUT2D eigenvalue weighted by Gasteiger charge is 2.27. The Hall–Kier alpha value is -2.86. The van der Waals surface area contributed by atoms with Crippen molar-refractivity contribution in [3.8, 4) is 0 Å². The van der Waals surface area contributed by atoms with E-state index in [-0.39, 0.29) is 15.8 Å². The minimum Gasteiger partial charge on any atom is -0.444 e. The van der Waals surface area contributed by atoms with Gasteiger partial charge in [-0.1, -0.05) is 17.7 Å². The summed E-state index contributed by atoms with van der Waals surface area (Å²) in [5.41, 5.74) is -0.418. The predicted molar refractivity (Wildman–Crippen MR) is 150 cm³/mol. The number of nitrogens with zero attached hydrogens (tertiary/aromatic N) is 1. The molecule has 10 nitrogen and oxygen atoms in total. The van der Waals surface area contributed by atoms with E-state index in [1.54, 1.807) is 53.7 Å². The molecule has 0 bridgehead atoms. The molecule has 0 unspecified atom stereocenters. The lowest BCUT2D eigenvalue weighted by Gasteiger charge is -2.26. The molecule has 2 N–H and O–H groups in total. The van der Waals surface area contributed by atoms with Crippen LogP contribution in [0.3, 0.4) is 0 Å². The van der Waals surface area contributed by atoms with Gasteiger partial charge >= 0.3 is 12.2 Å². The molecule has 1 aromatic carbocycles. The number of ether oxygens (including phenoxy) is 3. The SMILES string of the molecule is C=C(OC(=S)[C@H](CCCCNC(=O)OC(C)(C)C)NC(=O)OC(C)(C)C)N(C)S(=O)(=O)c1ccc(C)cc1. The summed E-state index contributed by atoms with van der Waals surface area (Å²) in [6.07, 6.45) is 0.233. The number of unbranched alkanes of at least 4 members (excludes halogenated alkanes) is 1. The molecule has 214 valence electrons. The van der Waals surface area contributed by atoms with Crippen LogP contribution in [0.1, 0.15) is 66.4 Å². The highest BCUT2D eigenvalue weighted by atomic mass is 32.2. The Bertz CT molecular complexity index is 1090. The number of amides is 2. The van der Waals surface area contributed by atoms with Gasteiger partial charge in [-0.25, -0.2) is 22.3 Å². The number of sulfonamides is 1. The van der Waals surface area contributed by atoms with Gasteiger partial charge in [0, 0.05) is 13.6 Å². The highest BCUT2D eigenvalue weighted by molar-refractivity contribution is 7.89. The molecular formula is C26H41N3O7S2. The van der Waals surface area contributed by atoms with Crippen LogP contribution in [-0.2, 0) is 24.2 Å². The summed E-state index contributed by atoms with van der Waals surface area (Å²) in [5.74, 6) is -0.224. The third kappa shape index (κ3) is 12.1. The van der Waals surface area contributed by atoms with Crippen molar-refractivity contribution < 1.29 is 32.2 Å². The first-order valence-corrected chi connectivity index (χ1v) is 14.1. The van der Waals surface area contributed by atoms with E-state index in [0.717, 1.165) is 9.87 Å². The quantitative estimate of drug-likeness (QED) is 0.216. The van der Waals surface area contributed by atoms with Crippen molar-refractivity contribution in [2.24, 2.45) is 0 Å². The monoisotopic (exact) mass is 571 g/mol. The fourth-order valence-corrected chi connectivity index (χ4v) is 4.31. The van der Waals surface area contributed by atoms with Crippen LogP contribution in [0.25, 0.3) is 0 Å². The van der Waals surface area contributed by atoms with E-state index in [1.165, 1.54) is 19.2 Å². The molecule has 0 heterocycles. The van der Waals surface area contributed by atoms with Gasteiger partial charge in [-0.05, 0) is 98.7 Å². The minimum absolute atomic E-state index is 0.0715. The van der Waals surface area contributed by atoms with E-state index in [4.69, 9.17) is 26.4 Å². The molecule has 0 aliphatic heterocycles. The average Bonchev–Trinajstić information content (AvgIpc) is 2.75. The highest BCUT2D eigenvalue weighted by Crippen LogP contribution is 2.20. The number of hydrogen-bond acceptors (Lipinski definition) is 8. The van der Waals surface area contributed by atoms with Crippen LogP contribution in [0.15, 0.2) is 41.6 Å². The first-order chi connectivity index (χ1) is 17.3. The van der Waals surface area contributed by atoms with Gasteiger partial charge in [-0.2, -0.15) is 0 Å². The second kappa shape index (κ2) is 13.8. The maximum absolute atomic E-state index is 13.0. The van der Waals surface area contributed by atoms with Crippen molar-refractivity contribution in [1.82, 2.24) is 14.9 Å². The summed E-state index contributed by atoms with van der Waals surface area (Å²) >= 11 is 5.40. The zero-order valence-electron chi connectivity index (χ0n) is 23.5. The largest absolute Gasteiger partial charge is 0.444 e. The topological polar surface area (TPSA) is 123 Å². The van der Waals surface area contributed by atoms with Crippen molar-refractivity contribution >= 4 is 39.5 Å². The van der Waals surface area contributed by atoms with E-state index in [1.807, 2.05) is 6.92 Å². The van der Waals surface area contributed by atoms with Crippen molar-refractivity contribution in [3.63, 3.8) is 0 Å². The molecule has 0 aromatic heterocycles. The summed E-state index contributed by atoms with van der Waals surface area (Å²) in [5, 5.41) is 5.27. The Morgan fingerprint density at radius 3 is 2.05 bits per heavy atom. The Morgan fingerprint density at radius 2 is 1.53 bits per heavy atom. The zero-order valence-corrected chi connectivity index (χ0v) is 25.2. The third-order valence-corrected chi connectivity index (χ3v) is 6.97. The molecule has 0 saturated heterocycles. The van der Waals surface area contributed by atoms with Crippen LogP contribution in [0.5, 0.6) is 0 Å². The number of nitrogens with one attached hydrogen (secondary N) is 2. The number of carbonyl (C=O) groups is 2. The standard InChI is InChI=1S/C26H41N3O7S2/c1-18-13-15-20(16-14-18)38(32,33)29(9)19(2)34-22(37)21(28-24(31)36-26(6,7)8)12-10-11-17-27-23(30)35-25(3,4)5/h13-16,21H,2,10-12,17H2,1,3-9H3,(H,27,30)(H,28,31)/t21-/m0/s1. The Balaban J connectivity index is 2.84. The van der Waals surface area contributed by atoms with Crippen LogP contribution in [0.2, 0.25) is 0 Å². The molecule has 38 heavy (non-hydrogen) atoms. The van der Waals surface area contributed by atoms with E-state index >= 15 is 0 Å². The number of benzene rings is 1. The number of hydrogen-bond donors (Lipinski definition) is 2. The van der Waals surface area contributed by atoms with Gasteiger partial charge in [0.1, 0.15) is 17.2 Å². The van der Waals surface area contributed by atoms with Crippen LogP contribution >= 0.6 is 12.2 Å². The summed E-state index contributed by atoms with van der Waals surface area (Å²) < 4.78 is 43.0. The Kier molecular flexibility index (Phi) is 12.0. The molecule has 1 rings (SSSR count). The smallest absolute Gasteiger partial charge is 0.408 e. The van der Waals surface area contributed by atoms with Gasteiger partial charge in [-0.3, -0.25) is 0 Å². The zero-order chi connectivity index (χ0) is 29.3. The van der Waals surface area contributed by atoms with Crippen molar-refractivity contribution in [3.05, 3.63) is 42.3 Å². The van der Waals surface area contributed by atoms with Gasteiger partial charge in [0.25, 0.3) is 10.0 Å². The molecule has 0 saturated carbocycles. The molecule has 0 aliphatic rings. The summed E-state index contributed by atoms with van der Waals surface area (Å²) in [6, 6.07) is 5.57. The normalized spacial score (nSPS) is 12.6. The molecular weight excluding hydrogens is 530 g/mol. The second-order valence-corrected chi connectivity index (χ2v) is 13.1. The molecule has 2 amide bonds. The maximum atomic E-state index is 13.0. The molecule has 0 spiro atoms. The molecule has 0 fully saturated rings. The summed E-state index contributed by atoms with van der Waals surface area (Å²) in [4.78, 5) is 24.3.